The summed E-state index contributed by atoms with van der Waals surface area (Å²) in [6.07, 6.45) is 1.28. The van der Waals surface area contributed by atoms with Crippen LogP contribution in [0.5, 0.6) is 0 Å². The molecule has 0 aliphatic rings. The summed E-state index contributed by atoms with van der Waals surface area (Å²) in [6, 6.07) is -0.331. The van der Waals surface area contributed by atoms with Crippen LogP contribution in [-0.4, -0.2) is 45.2 Å². The number of carbonyl (C=O) groups is 2. The van der Waals surface area contributed by atoms with E-state index in [1.165, 1.54) is 0 Å². The van der Waals surface area contributed by atoms with Crippen molar-refractivity contribution < 1.29 is 19.4 Å². The minimum absolute atomic E-state index is 0.174. The Kier molecular flexibility index (Phi) is 24.1. The molecule has 0 aromatic heterocycles. The minimum atomic E-state index is -0.331. The predicted molar refractivity (Wildman–Crippen MR) is 55.0 cm³/mol. The van der Waals surface area contributed by atoms with E-state index in [-0.39, 0.29) is 12.0 Å². The van der Waals surface area contributed by atoms with E-state index in [2.05, 4.69) is 10.1 Å². The van der Waals surface area contributed by atoms with Crippen LogP contribution in [0, 0.1) is 5.92 Å². The SMILES string of the molecule is CC(C)C(C=O)NC=O.CO.COC. The highest BCUT2D eigenvalue weighted by molar-refractivity contribution is 5.63. The van der Waals surface area contributed by atoms with Gasteiger partial charge in [0, 0.05) is 21.3 Å². The zero-order chi connectivity index (χ0) is 12.0. The summed E-state index contributed by atoms with van der Waals surface area (Å²) in [6.45, 7) is 3.74. The van der Waals surface area contributed by atoms with Crippen molar-refractivity contribution in [1.82, 2.24) is 5.32 Å². The Morgan fingerprint density at radius 3 is 1.64 bits per heavy atom. The van der Waals surface area contributed by atoms with Crippen molar-refractivity contribution in [3.8, 4) is 0 Å². The number of aliphatic hydroxyl groups excluding tert-OH is 1. The van der Waals surface area contributed by atoms with Gasteiger partial charge in [-0.2, -0.15) is 0 Å². The van der Waals surface area contributed by atoms with Gasteiger partial charge in [-0.1, -0.05) is 13.8 Å². The molecule has 0 aliphatic carbocycles. The average molecular weight is 207 g/mol. The Labute approximate surface area is 85.5 Å². The number of carbonyl (C=O) groups excluding carboxylic acids is 2. The second kappa shape index (κ2) is 18.0. The molecule has 0 heterocycles. The second-order valence-corrected chi connectivity index (χ2v) is 2.60. The molecule has 0 aromatic carbocycles. The van der Waals surface area contributed by atoms with Crippen LogP contribution in [0.4, 0.5) is 0 Å². The highest BCUT2D eigenvalue weighted by atomic mass is 16.4. The Bertz CT molecular complexity index is 117. The van der Waals surface area contributed by atoms with Gasteiger partial charge in [-0.15, -0.1) is 0 Å². The fourth-order valence-electron chi connectivity index (χ4n) is 0.467. The molecule has 0 saturated carbocycles. The van der Waals surface area contributed by atoms with E-state index < -0.39 is 0 Å². The summed E-state index contributed by atoms with van der Waals surface area (Å²) < 4.78 is 4.25. The minimum Gasteiger partial charge on any atom is -0.400 e. The molecule has 0 bridgehead atoms. The topological polar surface area (TPSA) is 75.6 Å². The number of hydrogen-bond donors (Lipinski definition) is 2. The van der Waals surface area contributed by atoms with E-state index in [0.29, 0.717) is 6.41 Å². The number of aldehydes is 1. The summed E-state index contributed by atoms with van der Waals surface area (Å²) >= 11 is 0. The van der Waals surface area contributed by atoms with E-state index in [1.807, 2.05) is 13.8 Å². The first-order chi connectivity index (χ1) is 6.63. The molecule has 0 aromatic rings. The van der Waals surface area contributed by atoms with Gasteiger partial charge >= 0.3 is 0 Å². The van der Waals surface area contributed by atoms with Crippen LogP contribution in [0.3, 0.4) is 0 Å². The maximum absolute atomic E-state index is 10.1. The van der Waals surface area contributed by atoms with Gasteiger partial charge in [0.1, 0.15) is 6.29 Å². The third kappa shape index (κ3) is 17.2. The first-order valence-electron chi connectivity index (χ1n) is 4.13. The van der Waals surface area contributed by atoms with E-state index >= 15 is 0 Å². The molecule has 0 fully saturated rings. The Balaban J connectivity index is -0.000000205. The molecule has 86 valence electrons. The average Bonchev–Trinajstić information content (AvgIpc) is 2.18. The Morgan fingerprint density at radius 1 is 1.21 bits per heavy atom. The summed E-state index contributed by atoms with van der Waals surface area (Å²) in [5.74, 6) is 0.174. The van der Waals surface area contributed by atoms with Gasteiger partial charge in [-0.25, -0.2) is 0 Å². The first-order valence-corrected chi connectivity index (χ1v) is 4.13. The van der Waals surface area contributed by atoms with Crippen LogP contribution < -0.4 is 5.32 Å². The zero-order valence-corrected chi connectivity index (χ0v) is 9.48. The highest BCUT2D eigenvalue weighted by Crippen LogP contribution is 1.95. The van der Waals surface area contributed by atoms with Crippen LogP contribution in [0.1, 0.15) is 13.8 Å². The molecule has 0 aliphatic heterocycles. The maximum Gasteiger partial charge on any atom is 0.207 e. The van der Waals surface area contributed by atoms with Gasteiger partial charge in [-0.05, 0) is 5.92 Å². The number of methoxy groups -OCH3 is 1. The van der Waals surface area contributed by atoms with E-state index in [4.69, 9.17) is 5.11 Å². The zero-order valence-electron chi connectivity index (χ0n) is 9.48. The first kappa shape index (κ1) is 18.8. The monoisotopic (exact) mass is 207 g/mol. The van der Waals surface area contributed by atoms with Crippen LogP contribution in [0.2, 0.25) is 0 Å². The summed E-state index contributed by atoms with van der Waals surface area (Å²) in [5, 5.41) is 9.38. The van der Waals surface area contributed by atoms with Gasteiger partial charge in [0.25, 0.3) is 0 Å². The molecule has 0 spiro atoms. The lowest BCUT2D eigenvalue weighted by Gasteiger charge is -2.11. The van der Waals surface area contributed by atoms with Crippen LogP contribution in [-0.2, 0) is 14.3 Å². The second-order valence-electron chi connectivity index (χ2n) is 2.60. The smallest absolute Gasteiger partial charge is 0.207 e. The number of ether oxygens (including phenoxy) is 1. The van der Waals surface area contributed by atoms with Crippen molar-refractivity contribution in [2.45, 2.75) is 19.9 Å². The molecule has 1 atom stereocenters. The van der Waals surface area contributed by atoms with Crippen molar-refractivity contribution in [3.63, 3.8) is 0 Å². The summed E-state index contributed by atoms with van der Waals surface area (Å²) in [7, 11) is 4.25. The Morgan fingerprint density at radius 2 is 1.57 bits per heavy atom. The lowest BCUT2D eigenvalue weighted by molar-refractivity contribution is -0.116. The van der Waals surface area contributed by atoms with Gasteiger partial charge < -0.3 is 20.0 Å². The molecular formula is C9H21NO4. The molecule has 0 saturated heterocycles. The van der Waals surface area contributed by atoms with E-state index in [0.717, 1.165) is 13.4 Å². The third-order valence-corrected chi connectivity index (χ3v) is 1.13. The molecule has 5 nitrogen and oxygen atoms in total. The number of amides is 1. The van der Waals surface area contributed by atoms with Gasteiger partial charge in [0.15, 0.2) is 0 Å². The largest absolute Gasteiger partial charge is 0.400 e. The molecule has 5 heteroatoms. The number of aliphatic hydroxyl groups is 1. The summed E-state index contributed by atoms with van der Waals surface area (Å²) in [5.41, 5.74) is 0. The Hall–Kier alpha value is -0.940. The fourth-order valence-corrected chi connectivity index (χ4v) is 0.467. The van der Waals surface area contributed by atoms with Gasteiger partial charge in [0.2, 0.25) is 6.41 Å². The van der Waals surface area contributed by atoms with Gasteiger partial charge in [0.05, 0.1) is 6.04 Å². The molecular weight excluding hydrogens is 186 g/mol. The predicted octanol–water partition coefficient (Wildman–Crippen LogP) is -0.173. The molecule has 1 unspecified atom stereocenters. The molecule has 1 amide bonds. The quantitative estimate of drug-likeness (QED) is 0.627. The number of nitrogens with one attached hydrogen (secondary N) is 1. The summed E-state index contributed by atoms with van der Waals surface area (Å²) in [4.78, 5) is 19.9. The van der Waals surface area contributed by atoms with Crippen molar-refractivity contribution in [1.29, 1.82) is 0 Å². The van der Waals surface area contributed by atoms with E-state index in [9.17, 15) is 9.59 Å². The molecule has 2 N–H and O–H groups in total. The van der Waals surface area contributed by atoms with Crippen molar-refractivity contribution in [2.24, 2.45) is 5.92 Å². The molecule has 0 rings (SSSR count). The van der Waals surface area contributed by atoms with Crippen molar-refractivity contribution >= 4 is 12.7 Å². The van der Waals surface area contributed by atoms with Gasteiger partial charge in [-0.3, -0.25) is 4.79 Å². The van der Waals surface area contributed by atoms with Crippen molar-refractivity contribution in [3.05, 3.63) is 0 Å². The standard InChI is InChI=1S/C6H11NO2.C2H6O.CH4O/c1-5(2)6(3-8)7-4-9;1-3-2;1-2/h3-6H,1-2H3,(H,7,9);1-2H3;2H,1H3. The van der Waals surface area contributed by atoms with E-state index in [1.54, 1.807) is 14.2 Å². The molecule has 14 heavy (non-hydrogen) atoms. The molecule has 0 radical (unpaired) electrons. The maximum atomic E-state index is 10.1. The third-order valence-electron chi connectivity index (χ3n) is 1.13. The van der Waals surface area contributed by atoms with Crippen LogP contribution in [0.25, 0.3) is 0 Å². The lowest BCUT2D eigenvalue weighted by atomic mass is 10.1. The number of rotatable bonds is 4. The number of hydrogen-bond acceptors (Lipinski definition) is 4. The highest BCUT2D eigenvalue weighted by Gasteiger charge is 2.08. The normalized spacial score (nSPS) is 9.93. The van der Waals surface area contributed by atoms with Crippen LogP contribution in [0.15, 0.2) is 0 Å². The van der Waals surface area contributed by atoms with Crippen molar-refractivity contribution in [2.75, 3.05) is 21.3 Å². The lowest BCUT2D eigenvalue weighted by Crippen LogP contribution is -2.33. The van der Waals surface area contributed by atoms with Crippen LogP contribution >= 0.6 is 0 Å². The fraction of sp³-hybridized carbons (Fsp3) is 0.778.